The van der Waals surface area contributed by atoms with Crippen molar-refractivity contribution >= 4 is 23.4 Å². The predicted octanol–water partition coefficient (Wildman–Crippen LogP) is 3.49. The molecule has 1 unspecified atom stereocenters. The first-order valence-electron chi connectivity index (χ1n) is 10.5. The number of benzene rings is 1. The molecule has 164 valence electrons. The number of halogens is 3. The van der Waals surface area contributed by atoms with E-state index in [1.807, 2.05) is 6.92 Å². The smallest absolute Gasteiger partial charge is 0.223 e. The molecule has 4 rings (SSSR count). The second-order valence-corrected chi connectivity index (χ2v) is 9.97. The van der Waals surface area contributed by atoms with Crippen molar-refractivity contribution in [3.8, 4) is 0 Å². The van der Waals surface area contributed by atoms with Crippen LogP contribution in [-0.2, 0) is 9.59 Å². The van der Waals surface area contributed by atoms with Crippen LogP contribution in [0.4, 0.5) is 8.78 Å². The van der Waals surface area contributed by atoms with Gasteiger partial charge in [-0.2, -0.15) is 0 Å². The van der Waals surface area contributed by atoms with Gasteiger partial charge in [0, 0.05) is 18.4 Å². The van der Waals surface area contributed by atoms with Gasteiger partial charge in [0.1, 0.15) is 11.6 Å². The zero-order valence-corrected chi connectivity index (χ0v) is 17.8. The van der Waals surface area contributed by atoms with Gasteiger partial charge in [-0.3, -0.25) is 9.59 Å². The van der Waals surface area contributed by atoms with Crippen LogP contribution in [0.2, 0.25) is 5.02 Å². The maximum absolute atomic E-state index is 14.9. The van der Waals surface area contributed by atoms with Crippen LogP contribution in [0.15, 0.2) is 12.1 Å². The van der Waals surface area contributed by atoms with Crippen molar-refractivity contribution in [3.05, 3.63) is 34.4 Å². The molecule has 30 heavy (non-hydrogen) atoms. The topological polar surface area (TPSA) is 78.4 Å². The molecule has 3 aliphatic carbocycles. The fourth-order valence-electron chi connectivity index (χ4n) is 5.64. The lowest BCUT2D eigenvalue weighted by atomic mass is 9.74. The molecule has 0 aliphatic heterocycles. The molecule has 0 bridgehead atoms. The van der Waals surface area contributed by atoms with Gasteiger partial charge in [-0.25, -0.2) is 8.78 Å². The van der Waals surface area contributed by atoms with Crippen LogP contribution in [0, 0.1) is 34.8 Å². The second kappa shape index (κ2) is 7.75. The lowest BCUT2D eigenvalue weighted by molar-refractivity contribution is -0.127. The summed E-state index contributed by atoms with van der Waals surface area (Å²) in [6.07, 6.45) is 2.33. The third-order valence-electron chi connectivity index (χ3n) is 7.17. The van der Waals surface area contributed by atoms with Gasteiger partial charge < -0.3 is 15.7 Å². The molecule has 8 heteroatoms. The molecule has 5 nitrogen and oxygen atoms in total. The van der Waals surface area contributed by atoms with Crippen LogP contribution in [0.3, 0.4) is 0 Å². The molecule has 3 fully saturated rings. The van der Waals surface area contributed by atoms with Gasteiger partial charge in [-0.05, 0) is 61.5 Å². The third kappa shape index (κ3) is 3.94. The maximum atomic E-state index is 14.9. The molecule has 2 amide bonds. The van der Waals surface area contributed by atoms with Gasteiger partial charge in [0.05, 0.1) is 23.2 Å². The van der Waals surface area contributed by atoms with E-state index in [9.17, 15) is 23.5 Å². The van der Waals surface area contributed by atoms with Crippen LogP contribution in [-0.4, -0.2) is 29.1 Å². The van der Waals surface area contributed by atoms with E-state index in [0.29, 0.717) is 11.8 Å². The summed E-state index contributed by atoms with van der Waals surface area (Å²) in [7, 11) is 0. The molecule has 1 aromatic carbocycles. The highest BCUT2D eigenvalue weighted by Gasteiger charge is 2.56. The lowest BCUT2D eigenvalue weighted by Crippen LogP contribution is -2.42. The summed E-state index contributed by atoms with van der Waals surface area (Å²) in [5, 5.41) is 15.6. The average molecular weight is 441 g/mol. The summed E-state index contributed by atoms with van der Waals surface area (Å²) in [5.74, 6) is -1.69. The van der Waals surface area contributed by atoms with E-state index in [-0.39, 0.29) is 35.2 Å². The van der Waals surface area contributed by atoms with Crippen LogP contribution in [0.1, 0.15) is 57.6 Å². The molecular weight excluding hydrogens is 414 g/mol. The highest BCUT2D eigenvalue weighted by molar-refractivity contribution is 6.30. The maximum Gasteiger partial charge on any atom is 0.223 e. The van der Waals surface area contributed by atoms with Crippen LogP contribution in [0.25, 0.3) is 0 Å². The number of aliphatic hydroxyl groups is 1. The number of amides is 2. The largest absolute Gasteiger partial charge is 0.391 e. The molecule has 3 N–H and O–H groups in total. The first kappa shape index (κ1) is 21.5. The number of carbonyl (C=O) groups is 2. The molecule has 1 aromatic rings. The summed E-state index contributed by atoms with van der Waals surface area (Å²) in [6, 6.07) is 0.943. The molecule has 0 aromatic heterocycles. The van der Waals surface area contributed by atoms with Crippen molar-refractivity contribution in [1.82, 2.24) is 10.6 Å². The summed E-state index contributed by atoms with van der Waals surface area (Å²) in [6.45, 7) is 3.32. The molecule has 0 radical (unpaired) electrons. The van der Waals surface area contributed by atoms with Gasteiger partial charge >= 0.3 is 0 Å². The Morgan fingerprint density at radius 2 is 1.87 bits per heavy atom. The van der Waals surface area contributed by atoms with Crippen LogP contribution >= 0.6 is 11.6 Å². The molecule has 3 saturated carbocycles. The second-order valence-electron chi connectivity index (χ2n) is 9.56. The van der Waals surface area contributed by atoms with Crippen molar-refractivity contribution in [3.63, 3.8) is 0 Å². The first-order valence-corrected chi connectivity index (χ1v) is 10.9. The fraction of sp³-hybridized carbons (Fsp3) is 0.636. The molecule has 3 aliphatic rings. The number of nitrogens with one attached hydrogen (secondary N) is 2. The molecule has 0 spiro atoms. The van der Waals surface area contributed by atoms with Gasteiger partial charge in [-0.15, -0.1) is 0 Å². The fourth-order valence-corrected chi connectivity index (χ4v) is 5.80. The van der Waals surface area contributed by atoms with Crippen molar-refractivity contribution in [2.24, 2.45) is 23.2 Å². The van der Waals surface area contributed by atoms with Crippen LogP contribution < -0.4 is 10.6 Å². The van der Waals surface area contributed by atoms with E-state index in [1.54, 1.807) is 0 Å². The SMILES string of the molecule is CC(=O)N[C@H]1C[C@H](C(=O)N[C@H](c2c(F)ccc(Cl)c2F)C2(C)C[C@H]3C[C@H]3C2)C[C@H]1O. The Hall–Kier alpha value is -1.73. The number of carbonyl (C=O) groups excluding carboxylic acids is 2. The minimum absolute atomic E-state index is 0.181. The Labute approximate surface area is 179 Å². The summed E-state index contributed by atoms with van der Waals surface area (Å²) in [5.41, 5.74) is -0.680. The van der Waals surface area contributed by atoms with Gasteiger partial charge in [0.2, 0.25) is 11.8 Å². The number of hydrogen-bond acceptors (Lipinski definition) is 3. The van der Waals surface area contributed by atoms with E-state index in [4.69, 9.17) is 11.6 Å². The van der Waals surface area contributed by atoms with Crippen molar-refractivity contribution in [2.45, 2.75) is 64.1 Å². The highest BCUT2D eigenvalue weighted by Crippen LogP contribution is 2.63. The van der Waals surface area contributed by atoms with E-state index < -0.39 is 41.2 Å². The first-order chi connectivity index (χ1) is 14.1. The van der Waals surface area contributed by atoms with Crippen molar-refractivity contribution < 1.29 is 23.5 Å². The number of rotatable bonds is 5. The van der Waals surface area contributed by atoms with Gasteiger partial charge in [0.25, 0.3) is 0 Å². The molecule has 7 atom stereocenters. The Kier molecular flexibility index (Phi) is 5.56. The quantitative estimate of drug-likeness (QED) is 0.613. The molecule has 0 heterocycles. The zero-order valence-electron chi connectivity index (χ0n) is 17.1. The Balaban J connectivity index is 1.59. The van der Waals surface area contributed by atoms with Crippen molar-refractivity contribution in [1.29, 1.82) is 0 Å². The van der Waals surface area contributed by atoms with Crippen molar-refractivity contribution in [2.75, 3.05) is 0 Å². The summed E-state index contributed by atoms with van der Waals surface area (Å²) in [4.78, 5) is 24.4. The number of fused-ring (bicyclic) bond motifs is 1. The summed E-state index contributed by atoms with van der Waals surface area (Å²) >= 11 is 5.94. The Bertz CT molecular complexity index is 870. The normalized spacial score (nSPS) is 35.6. The minimum Gasteiger partial charge on any atom is -0.391 e. The minimum atomic E-state index is -0.853. The molecule has 0 saturated heterocycles. The van der Waals surface area contributed by atoms with Gasteiger partial charge in [0.15, 0.2) is 0 Å². The van der Waals surface area contributed by atoms with E-state index in [1.165, 1.54) is 13.0 Å². The zero-order chi connectivity index (χ0) is 21.8. The molecular formula is C22H27ClF2N2O3. The monoisotopic (exact) mass is 440 g/mol. The lowest BCUT2D eigenvalue weighted by Gasteiger charge is -2.37. The predicted molar refractivity (Wildman–Crippen MR) is 108 cm³/mol. The Morgan fingerprint density at radius 1 is 1.20 bits per heavy atom. The van der Waals surface area contributed by atoms with E-state index >= 15 is 0 Å². The van der Waals surface area contributed by atoms with Gasteiger partial charge in [-0.1, -0.05) is 18.5 Å². The van der Waals surface area contributed by atoms with E-state index in [0.717, 1.165) is 25.3 Å². The highest BCUT2D eigenvalue weighted by atomic mass is 35.5. The van der Waals surface area contributed by atoms with E-state index in [2.05, 4.69) is 10.6 Å². The number of aliphatic hydroxyl groups excluding tert-OH is 1. The standard InChI is InChI=1S/C22H27ClF2N2O3/c1-10(28)26-16-6-11(7-17(16)29)21(30)27-20(22(2)8-12-5-13(12)9-22)18-15(24)4-3-14(23)19(18)25/h3-4,11-13,16-17,20,29H,5-9H2,1-2H3,(H,26,28)(H,27,30)/t11-,12-,13+,16-,17+,20+,22?/m0/s1. The Morgan fingerprint density at radius 3 is 2.50 bits per heavy atom. The average Bonchev–Trinajstić information content (AvgIpc) is 3.11. The summed E-state index contributed by atoms with van der Waals surface area (Å²) < 4.78 is 29.7. The third-order valence-corrected chi connectivity index (χ3v) is 7.46. The van der Waals surface area contributed by atoms with Crippen LogP contribution in [0.5, 0.6) is 0 Å². The number of hydrogen-bond donors (Lipinski definition) is 3.